The Morgan fingerprint density at radius 1 is 1.44 bits per heavy atom. The van der Waals surface area contributed by atoms with Crippen molar-refractivity contribution < 1.29 is 0 Å². The molecule has 0 saturated heterocycles. The van der Waals surface area contributed by atoms with Crippen LogP contribution in [0.5, 0.6) is 0 Å². The van der Waals surface area contributed by atoms with Crippen LogP contribution in [0.3, 0.4) is 0 Å². The third kappa shape index (κ3) is 2.47. The highest BCUT2D eigenvalue weighted by Gasteiger charge is 2.04. The lowest BCUT2D eigenvalue weighted by atomic mass is 10.3. The van der Waals surface area contributed by atoms with Gasteiger partial charge in [-0.25, -0.2) is 0 Å². The molecule has 86 valence electrons. The predicted octanol–water partition coefficient (Wildman–Crippen LogP) is 3.47. The van der Waals surface area contributed by atoms with Crippen molar-refractivity contribution in [2.24, 2.45) is 7.05 Å². The summed E-state index contributed by atoms with van der Waals surface area (Å²) >= 11 is 5.29. The minimum atomic E-state index is 0.827. The summed E-state index contributed by atoms with van der Waals surface area (Å²) in [5, 5.41) is 7.67. The van der Waals surface area contributed by atoms with Crippen LogP contribution in [0.1, 0.15) is 16.1 Å². The van der Waals surface area contributed by atoms with E-state index in [-0.39, 0.29) is 0 Å². The number of nitrogens with zero attached hydrogens (tertiary/aromatic N) is 2. The Labute approximate surface area is 108 Å². The van der Waals surface area contributed by atoms with Gasteiger partial charge in [0.2, 0.25) is 0 Å². The number of rotatable bonds is 3. The highest BCUT2D eigenvalue weighted by molar-refractivity contribution is 9.11. The van der Waals surface area contributed by atoms with Gasteiger partial charge in [-0.3, -0.25) is 4.68 Å². The van der Waals surface area contributed by atoms with Gasteiger partial charge in [0, 0.05) is 23.7 Å². The molecule has 0 radical (unpaired) electrons. The van der Waals surface area contributed by atoms with Crippen molar-refractivity contribution in [1.29, 1.82) is 0 Å². The Bertz CT molecular complexity index is 416. The largest absolute Gasteiger partial charge is 0.364 e. The van der Waals surface area contributed by atoms with Crippen LogP contribution in [0, 0.1) is 13.8 Å². The summed E-state index contributed by atoms with van der Waals surface area (Å²) in [5.74, 6) is 0.933. The van der Waals surface area contributed by atoms with Gasteiger partial charge in [0.05, 0.1) is 10.3 Å². The summed E-state index contributed by atoms with van der Waals surface area (Å²) in [4.78, 5) is 1.31. The van der Waals surface area contributed by atoms with E-state index in [9.17, 15) is 0 Å². The molecule has 0 aliphatic carbocycles. The number of aryl methyl sites for hydroxylation is 3. The fourth-order valence-electron chi connectivity index (χ4n) is 1.44. The fraction of sp³-hybridized carbons (Fsp3) is 0.364. The highest BCUT2D eigenvalue weighted by atomic mass is 79.9. The third-order valence-corrected chi connectivity index (χ3v) is 4.60. The topological polar surface area (TPSA) is 29.9 Å². The lowest BCUT2D eigenvalue weighted by Crippen LogP contribution is -1.99. The molecule has 0 aliphatic heterocycles. The van der Waals surface area contributed by atoms with Crippen LogP contribution >= 0.6 is 27.3 Å². The maximum Gasteiger partial charge on any atom is 0.148 e. The number of aromatic nitrogens is 2. The van der Waals surface area contributed by atoms with Gasteiger partial charge in [-0.1, -0.05) is 0 Å². The standard InChI is InChI=1S/C11H14BrN3S/c1-7-4-9(16-11(7)12)6-13-10-5-8(2)15(3)14-10/h4-5H,6H2,1-3H3,(H,13,14). The van der Waals surface area contributed by atoms with Gasteiger partial charge < -0.3 is 5.32 Å². The molecule has 3 nitrogen and oxygen atoms in total. The van der Waals surface area contributed by atoms with E-state index in [0.717, 1.165) is 18.1 Å². The molecule has 5 heteroatoms. The van der Waals surface area contributed by atoms with E-state index in [1.165, 1.54) is 14.2 Å². The molecule has 2 aromatic rings. The molecule has 0 spiro atoms. The third-order valence-electron chi connectivity index (χ3n) is 2.47. The van der Waals surface area contributed by atoms with E-state index >= 15 is 0 Å². The monoisotopic (exact) mass is 299 g/mol. The summed E-state index contributed by atoms with van der Waals surface area (Å²) in [6.45, 7) is 4.98. The van der Waals surface area contributed by atoms with Crippen molar-refractivity contribution in [1.82, 2.24) is 9.78 Å². The average Bonchev–Trinajstić information content (AvgIpc) is 2.70. The second-order valence-corrected chi connectivity index (χ2v) is 6.27. The molecule has 2 aromatic heterocycles. The minimum Gasteiger partial charge on any atom is -0.364 e. The second kappa shape index (κ2) is 4.59. The number of hydrogen-bond acceptors (Lipinski definition) is 3. The van der Waals surface area contributed by atoms with Crippen molar-refractivity contribution >= 4 is 33.1 Å². The molecule has 0 fully saturated rings. The molecule has 1 N–H and O–H groups in total. The highest BCUT2D eigenvalue weighted by Crippen LogP contribution is 2.27. The summed E-state index contributed by atoms with van der Waals surface area (Å²) in [5.41, 5.74) is 2.45. The van der Waals surface area contributed by atoms with E-state index in [0.29, 0.717) is 0 Å². The fourth-order valence-corrected chi connectivity index (χ4v) is 3.00. The first-order valence-corrected chi connectivity index (χ1v) is 6.66. The van der Waals surface area contributed by atoms with E-state index in [1.807, 2.05) is 18.7 Å². The van der Waals surface area contributed by atoms with Crippen LogP contribution in [-0.4, -0.2) is 9.78 Å². The number of hydrogen-bond donors (Lipinski definition) is 1. The predicted molar refractivity (Wildman–Crippen MR) is 72.0 cm³/mol. The van der Waals surface area contributed by atoms with Gasteiger partial charge in [-0.05, 0) is 41.4 Å². The first-order valence-electron chi connectivity index (χ1n) is 5.05. The molecule has 0 aliphatic rings. The number of nitrogens with one attached hydrogen (secondary N) is 1. The Morgan fingerprint density at radius 3 is 2.69 bits per heavy atom. The van der Waals surface area contributed by atoms with Gasteiger partial charge in [-0.15, -0.1) is 11.3 Å². The van der Waals surface area contributed by atoms with Crippen molar-refractivity contribution in [3.63, 3.8) is 0 Å². The number of anilines is 1. The quantitative estimate of drug-likeness (QED) is 0.940. The van der Waals surface area contributed by atoms with E-state index in [1.54, 1.807) is 11.3 Å². The van der Waals surface area contributed by atoms with Crippen molar-refractivity contribution in [2.45, 2.75) is 20.4 Å². The summed E-state index contributed by atoms with van der Waals surface area (Å²) in [6.07, 6.45) is 0. The molecule has 0 saturated carbocycles. The molecule has 16 heavy (non-hydrogen) atoms. The molecule has 0 bridgehead atoms. The molecule has 2 rings (SSSR count). The van der Waals surface area contributed by atoms with Gasteiger partial charge in [0.15, 0.2) is 0 Å². The van der Waals surface area contributed by atoms with E-state index in [4.69, 9.17) is 0 Å². The SMILES string of the molecule is Cc1cc(CNc2cc(C)n(C)n2)sc1Br. The molecular formula is C11H14BrN3S. The molecule has 0 amide bonds. The Balaban J connectivity index is 2.02. The minimum absolute atomic E-state index is 0.827. The molecule has 0 unspecified atom stereocenters. The summed E-state index contributed by atoms with van der Waals surface area (Å²) < 4.78 is 3.08. The Morgan fingerprint density at radius 2 is 2.19 bits per heavy atom. The van der Waals surface area contributed by atoms with Crippen LogP contribution in [0.4, 0.5) is 5.82 Å². The number of thiophene rings is 1. The van der Waals surface area contributed by atoms with Gasteiger partial charge in [0.25, 0.3) is 0 Å². The average molecular weight is 300 g/mol. The lowest BCUT2D eigenvalue weighted by Gasteiger charge is -1.98. The van der Waals surface area contributed by atoms with E-state index in [2.05, 4.69) is 45.4 Å². The first kappa shape index (κ1) is 11.7. The zero-order valence-electron chi connectivity index (χ0n) is 9.54. The van der Waals surface area contributed by atoms with Crippen LogP contribution in [0.25, 0.3) is 0 Å². The first-order chi connectivity index (χ1) is 7.56. The normalized spacial score (nSPS) is 10.8. The van der Waals surface area contributed by atoms with Crippen molar-refractivity contribution in [3.8, 4) is 0 Å². The van der Waals surface area contributed by atoms with Crippen molar-refractivity contribution in [3.05, 3.63) is 32.1 Å². The lowest BCUT2D eigenvalue weighted by molar-refractivity contribution is 0.741. The summed E-state index contributed by atoms with van der Waals surface area (Å²) in [7, 11) is 1.95. The maximum atomic E-state index is 4.35. The maximum absolute atomic E-state index is 4.35. The van der Waals surface area contributed by atoms with Crippen LogP contribution in [0.2, 0.25) is 0 Å². The number of halogens is 1. The van der Waals surface area contributed by atoms with Gasteiger partial charge >= 0.3 is 0 Å². The van der Waals surface area contributed by atoms with Crippen LogP contribution < -0.4 is 5.32 Å². The zero-order chi connectivity index (χ0) is 11.7. The smallest absolute Gasteiger partial charge is 0.148 e. The molecule has 0 atom stereocenters. The van der Waals surface area contributed by atoms with Crippen LogP contribution in [0.15, 0.2) is 15.9 Å². The Kier molecular flexibility index (Phi) is 3.35. The van der Waals surface area contributed by atoms with E-state index < -0.39 is 0 Å². The summed E-state index contributed by atoms with van der Waals surface area (Å²) in [6, 6.07) is 4.24. The van der Waals surface area contributed by atoms with Gasteiger partial charge in [0.1, 0.15) is 5.82 Å². The van der Waals surface area contributed by atoms with Crippen molar-refractivity contribution in [2.75, 3.05) is 5.32 Å². The molecule has 2 heterocycles. The molecular weight excluding hydrogens is 286 g/mol. The second-order valence-electron chi connectivity index (χ2n) is 3.82. The molecule has 0 aromatic carbocycles. The Hall–Kier alpha value is -0.810. The van der Waals surface area contributed by atoms with Gasteiger partial charge in [-0.2, -0.15) is 5.10 Å². The van der Waals surface area contributed by atoms with Crippen LogP contribution in [-0.2, 0) is 13.6 Å². The zero-order valence-corrected chi connectivity index (χ0v) is 11.9.